The van der Waals surface area contributed by atoms with Crippen LogP contribution in [0.25, 0.3) is 11.1 Å². The Morgan fingerprint density at radius 2 is 1.53 bits per heavy atom. The number of aliphatic carboxylic acids is 1. The minimum Gasteiger partial charge on any atom is -0.481 e. The zero-order valence-electron chi connectivity index (χ0n) is 20.3. The summed E-state index contributed by atoms with van der Waals surface area (Å²) in [4.78, 5) is 36.4. The predicted octanol–water partition coefficient (Wildman–Crippen LogP) is 4.70. The van der Waals surface area contributed by atoms with Crippen molar-refractivity contribution in [1.82, 2.24) is 10.6 Å². The number of amides is 2. The Hall–Kier alpha value is -3.35. The highest BCUT2D eigenvalue weighted by atomic mass is 16.5. The van der Waals surface area contributed by atoms with Gasteiger partial charge in [-0.1, -0.05) is 69.3 Å². The molecule has 0 aromatic heterocycles. The lowest BCUT2D eigenvalue weighted by Gasteiger charge is -2.31. The molecule has 0 spiro atoms. The van der Waals surface area contributed by atoms with Crippen molar-refractivity contribution >= 4 is 18.0 Å². The van der Waals surface area contributed by atoms with Crippen LogP contribution in [0.15, 0.2) is 48.5 Å². The molecular formula is C27H34N2O5. The van der Waals surface area contributed by atoms with E-state index >= 15 is 0 Å². The van der Waals surface area contributed by atoms with E-state index in [1.807, 2.05) is 52.0 Å². The first-order valence-corrected chi connectivity index (χ1v) is 11.7. The third-order valence-electron chi connectivity index (χ3n) is 6.15. The molecule has 2 aromatic rings. The third-order valence-corrected chi connectivity index (χ3v) is 6.15. The van der Waals surface area contributed by atoms with Crippen molar-refractivity contribution in [2.45, 2.75) is 65.0 Å². The number of nitrogens with one attached hydrogen (secondary N) is 2. The molecule has 2 amide bonds. The molecule has 3 rings (SSSR count). The van der Waals surface area contributed by atoms with Gasteiger partial charge in [0.25, 0.3) is 0 Å². The quantitative estimate of drug-likeness (QED) is 0.497. The highest BCUT2D eigenvalue weighted by Gasteiger charge is 2.35. The molecule has 1 unspecified atom stereocenters. The van der Waals surface area contributed by atoms with Gasteiger partial charge in [0.15, 0.2) is 0 Å². The third kappa shape index (κ3) is 6.16. The van der Waals surface area contributed by atoms with Gasteiger partial charge in [-0.2, -0.15) is 0 Å². The first-order valence-electron chi connectivity index (χ1n) is 11.7. The molecule has 1 aliphatic rings. The second-order valence-electron chi connectivity index (χ2n) is 9.96. The summed E-state index contributed by atoms with van der Waals surface area (Å²) in [6.45, 7) is 7.61. The highest BCUT2D eigenvalue weighted by Crippen LogP contribution is 2.44. The van der Waals surface area contributed by atoms with E-state index in [2.05, 4.69) is 34.9 Å². The van der Waals surface area contributed by atoms with Gasteiger partial charge in [-0.25, -0.2) is 4.79 Å². The number of hydrogen-bond acceptors (Lipinski definition) is 4. The predicted molar refractivity (Wildman–Crippen MR) is 131 cm³/mol. The van der Waals surface area contributed by atoms with Crippen molar-refractivity contribution in [3.05, 3.63) is 59.7 Å². The first kappa shape index (κ1) is 25.3. The van der Waals surface area contributed by atoms with Crippen LogP contribution in [0.5, 0.6) is 0 Å². The van der Waals surface area contributed by atoms with Crippen LogP contribution in [0.3, 0.4) is 0 Å². The number of carboxylic acids is 1. The molecule has 2 aromatic carbocycles. The summed E-state index contributed by atoms with van der Waals surface area (Å²) in [5.74, 6) is -1.24. The number of hydrogen-bond donors (Lipinski definition) is 3. The monoisotopic (exact) mass is 466 g/mol. The van der Waals surface area contributed by atoms with Crippen LogP contribution in [0.1, 0.15) is 64.0 Å². The summed E-state index contributed by atoms with van der Waals surface area (Å²) < 4.78 is 5.62. The van der Waals surface area contributed by atoms with E-state index in [1.165, 1.54) is 0 Å². The van der Waals surface area contributed by atoms with E-state index in [1.54, 1.807) is 0 Å². The number of alkyl carbamates (subject to hydrolysis) is 1. The molecule has 0 bridgehead atoms. The fraction of sp³-hybridized carbons (Fsp3) is 0.444. The molecule has 182 valence electrons. The van der Waals surface area contributed by atoms with Crippen molar-refractivity contribution in [3.63, 3.8) is 0 Å². The summed E-state index contributed by atoms with van der Waals surface area (Å²) in [6, 6.07) is 15.2. The van der Waals surface area contributed by atoms with E-state index < -0.39 is 23.5 Å². The molecule has 7 nitrogen and oxygen atoms in total. The second-order valence-corrected chi connectivity index (χ2v) is 9.96. The molecule has 0 aliphatic heterocycles. The van der Waals surface area contributed by atoms with Crippen molar-refractivity contribution in [3.8, 4) is 11.1 Å². The fourth-order valence-corrected chi connectivity index (χ4v) is 4.39. The molecule has 2 atom stereocenters. The van der Waals surface area contributed by atoms with Gasteiger partial charge in [0.05, 0.1) is 0 Å². The van der Waals surface area contributed by atoms with Crippen LogP contribution in [0, 0.1) is 5.41 Å². The van der Waals surface area contributed by atoms with Crippen molar-refractivity contribution in [1.29, 1.82) is 0 Å². The Labute approximate surface area is 200 Å². The summed E-state index contributed by atoms with van der Waals surface area (Å²) in [5.41, 5.74) is 4.00. The van der Waals surface area contributed by atoms with E-state index in [-0.39, 0.29) is 30.9 Å². The number of carbonyl (C=O) groups is 3. The molecule has 0 saturated carbocycles. The van der Waals surface area contributed by atoms with Crippen molar-refractivity contribution in [2.24, 2.45) is 5.41 Å². The van der Waals surface area contributed by atoms with Crippen molar-refractivity contribution in [2.75, 3.05) is 6.61 Å². The lowest BCUT2D eigenvalue weighted by Crippen LogP contribution is -2.55. The van der Waals surface area contributed by atoms with Gasteiger partial charge in [-0.3, -0.25) is 9.59 Å². The van der Waals surface area contributed by atoms with Crippen LogP contribution in [-0.2, 0) is 14.3 Å². The smallest absolute Gasteiger partial charge is 0.407 e. The second kappa shape index (κ2) is 10.7. The lowest BCUT2D eigenvalue weighted by atomic mass is 9.86. The molecule has 1 aliphatic carbocycles. The zero-order chi connectivity index (χ0) is 24.9. The number of benzene rings is 2. The van der Waals surface area contributed by atoms with Gasteiger partial charge >= 0.3 is 12.1 Å². The number of carboxylic acid groups (broad SMARTS) is 1. The van der Waals surface area contributed by atoms with Gasteiger partial charge in [0.2, 0.25) is 5.91 Å². The highest BCUT2D eigenvalue weighted by molar-refractivity contribution is 5.86. The van der Waals surface area contributed by atoms with Gasteiger partial charge in [0, 0.05) is 18.4 Å². The number of ether oxygens (including phenoxy) is 1. The van der Waals surface area contributed by atoms with Gasteiger partial charge in [-0.15, -0.1) is 0 Å². The SMILES string of the molecule is CC(CCCC(=O)O)NC(=O)[C@@H](NC(=O)OCC1c2ccccc2-c2ccccc21)C(C)(C)C. The first-order chi connectivity index (χ1) is 16.1. The Morgan fingerprint density at radius 3 is 2.06 bits per heavy atom. The molecular weight excluding hydrogens is 432 g/mol. The minimum absolute atomic E-state index is 0.0565. The molecule has 3 N–H and O–H groups in total. The van der Waals surface area contributed by atoms with E-state index in [0.717, 1.165) is 22.3 Å². The number of rotatable bonds is 9. The number of carbonyl (C=O) groups excluding carboxylic acids is 2. The van der Waals surface area contributed by atoms with E-state index in [0.29, 0.717) is 12.8 Å². The van der Waals surface area contributed by atoms with E-state index in [9.17, 15) is 14.4 Å². The number of fused-ring (bicyclic) bond motifs is 3. The summed E-state index contributed by atoms with van der Waals surface area (Å²) in [6.07, 6.45) is 0.424. The standard InChI is InChI=1S/C27H34N2O5/c1-17(10-9-15-23(30)31)28-25(32)24(27(2,3)4)29-26(33)34-16-22-20-13-7-5-11-18(20)19-12-6-8-14-21(19)22/h5-8,11-14,17,22,24H,9-10,15-16H2,1-4H3,(H,28,32)(H,29,33)(H,30,31)/t17?,24-/m1/s1. The van der Waals surface area contributed by atoms with Gasteiger partial charge in [-0.05, 0) is 47.4 Å². The summed E-state index contributed by atoms with van der Waals surface area (Å²) in [7, 11) is 0. The average molecular weight is 467 g/mol. The fourth-order valence-electron chi connectivity index (χ4n) is 4.39. The maximum absolute atomic E-state index is 12.9. The van der Waals surface area contributed by atoms with Crippen LogP contribution >= 0.6 is 0 Å². The summed E-state index contributed by atoms with van der Waals surface area (Å²) >= 11 is 0. The molecule has 0 fully saturated rings. The molecule has 0 radical (unpaired) electrons. The lowest BCUT2D eigenvalue weighted by molar-refractivity contribution is -0.137. The molecule has 0 heterocycles. The van der Waals surface area contributed by atoms with Gasteiger partial charge < -0.3 is 20.5 Å². The van der Waals surface area contributed by atoms with Crippen LogP contribution in [0.2, 0.25) is 0 Å². The maximum Gasteiger partial charge on any atom is 0.407 e. The maximum atomic E-state index is 12.9. The topological polar surface area (TPSA) is 105 Å². The van der Waals surface area contributed by atoms with E-state index in [4.69, 9.17) is 9.84 Å². The average Bonchev–Trinajstić information content (AvgIpc) is 3.08. The Morgan fingerprint density at radius 1 is 0.971 bits per heavy atom. The normalized spacial score (nSPS) is 14.5. The van der Waals surface area contributed by atoms with Crippen molar-refractivity contribution < 1.29 is 24.2 Å². The van der Waals surface area contributed by atoms with Crippen LogP contribution in [0.4, 0.5) is 4.79 Å². The molecule has 34 heavy (non-hydrogen) atoms. The molecule has 7 heteroatoms. The van der Waals surface area contributed by atoms with Crippen LogP contribution < -0.4 is 10.6 Å². The Bertz CT molecular complexity index is 998. The zero-order valence-corrected chi connectivity index (χ0v) is 20.3. The van der Waals surface area contributed by atoms with Crippen LogP contribution in [-0.4, -0.2) is 41.8 Å². The van der Waals surface area contributed by atoms with Gasteiger partial charge in [0.1, 0.15) is 12.6 Å². The molecule has 0 saturated heterocycles. The Kier molecular flexibility index (Phi) is 7.97. The largest absolute Gasteiger partial charge is 0.481 e. The summed E-state index contributed by atoms with van der Waals surface area (Å²) in [5, 5.41) is 14.4. The minimum atomic E-state index is -0.858. The Balaban J connectivity index is 1.61.